The molecule has 29 heavy (non-hydrogen) atoms. The van der Waals surface area contributed by atoms with E-state index in [0.717, 1.165) is 73.1 Å². The number of hydrogen-bond donors (Lipinski definition) is 0. The van der Waals surface area contributed by atoms with Gasteiger partial charge in [-0.25, -0.2) is 4.98 Å². The molecule has 2 aromatic rings. The van der Waals surface area contributed by atoms with Gasteiger partial charge in [0.2, 0.25) is 0 Å². The lowest BCUT2D eigenvalue weighted by molar-refractivity contribution is -0.125. The lowest BCUT2D eigenvalue weighted by atomic mass is 9.78. The summed E-state index contributed by atoms with van der Waals surface area (Å²) in [6, 6.07) is 3.83. The normalized spacial score (nSPS) is 21.3. The molecule has 0 aliphatic carbocycles. The Balaban J connectivity index is 1.28. The van der Waals surface area contributed by atoms with E-state index in [1.807, 2.05) is 30.9 Å². The van der Waals surface area contributed by atoms with Gasteiger partial charge in [-0.1, -0.05) is 0 Å². The van der Waals surface area contributed by atoms with Crippen LogP contribution in [-0.4, -0.2) is 52.7 Å². The number of likely N-dealkylation sites (tertiary alicyclic amines) is 1. The SMILES string of the molecule is Cc1nc(C)c(C(=O)N2CCC3(CC2)CC(CCOc2cccnc2)CCO3)s1. The van der Waals surface area contributed by atoms with Gasteiger partial charge in [0.05, 0.1) is 29.1 Å². The highest BCUT2D eigenvalue weighted by Crippen LogP contribution is 2.39. The maximum absolute atomic E-state index is 12.9. The fourth-order valence-electron chi connectivity index (χ4n) is 4.49. The fourth-order valence-corrected chi connectivity index (χ4v) is 5.38. The Morgan fingerprint density at radius 3 is 2.90 bits per heavy atom. The van der Waals surface area contributed by atoms with Gasteiger partial charge in [0.15, 0.2) is 0 Å². The number of amides is 1. The standard InChI is InChI=1S/C22H29N3O3S/c1-16-20(29-17(2)24-16)21(26)25-10-7-22(8-11-25)14-18(6-13-28-22)5-12-27-19-4-3-9-23-15-19/h3-4,9,15,18H,5-8,10-14H2,1-2H3. The van der Waals surface area contributed by atoms with Gasteiger partial charge in [-0.2, -0.15) is 0 Å². The van der Waals surface area contributed by atoms with E-state index in [1.54, 1.807) is 12.4 Å². The number of carbonyl (C=O) groups is 1. The summed E-state index contributed by atoms with van der Waals surface area (Å²) in [5, 5.41) is 0.950. The molecule has 0 radical (unpaired) electrons. The van der Waals surface area contributed by atoms with E-state index in [0.29, 0.717) is 12.5 Å². The van der Waals surface area contributed by atoms with Crippen molar-refractivity contribution < 1.29 is 14.3 Å². The van der Waals surface area contributed by atoms with Gasteiger partial charge < -0.3 is 14.4 Å². The van der Waals surface area contributed by atoms with Crippen LogP contribution >= 0.6 is 11.3 Å². The maximum Gasteiger partial charge on any atom is 0.265 e. The summed E-state index contributed by atoms with van der Waals surface area (Å²) < 4.78 is 12.1. The van der Waals surface area contributed by atoms with Gasteiger partial charge in [0, 0.05) is 25.9 Å². The summed E-state index contributed by atoms with van der Waals surface area (Å²) in [5.41, 5.74) is 0.771. The summed E-state index contributed by atoms with van der Waals surface area (Å²) in [5.74, 6) is 1.56. The van der Waals surface area contributed by atoms with Crippen molar-refractivity contribution in [2.75, 3.05) is 26.3 Å². The molecule has 0 bridgehead atoms. The molecular formula is C22H29N3O3S. The van der Waals surface area contributed by atoms with E-state index >= 15 is 0 Å². The molecule has 2 aliphatic rings. The number of nitrogens with zero attached hydrogens (tertiary/aromatic N) is 3. The van der Waals surface area contributed by atoms with Crippen LogP contribution in [0.25, 0.3) is 0 Å². The van der Waals surface area contributed by atoms with E-state index in [4.69, 9.17) is 9.47 Å². The number of hydrogen-bond acceptors (Lipinski definition) is 6. The summed E-state index contributed by atoms with van der Waals surface area (Å²) in [4.78, 5) is 24.1. The second-order valence-corrected chi connectivity index (χ2v) is 9.36. The predicted octanol–water partition coefficient (Wildman–Crippen LogP) is 4.03. The summed E-state index contributed by atoms with van der Waals surface area (Å²) in [7, 11) is 0. The van der Waals surface area contributed by atoms with Gasteiger partial charge in [0.25, 0.3) is 5.91 Å². The van der Waals surface area contributed by atoms with Crippen LogP contribution in [0.1, 0.15) is 52.5 Å². The largest absolute Gasteiger partial charge is 0.492 e. The lowest BCUT2D eigenvalue weighted by Crippen LogP contribution is -2.50. The Morgan fingerprint density at radius 2 is 2.21 bits per heavy atom. The van der Waals surface area contributed by atoms with Gasteiger partial charge in [-0.15, -0.1) is 11.3 Å². The third-order valence-electron chi connectivity index (χ3n) is 6.08. The molecule has 0 saturated carbocycles. The van der Waals surface area contributed by atoms with Crippen LogP contribution in [0.3, 0.4) is 0 Å². The average molecular weight is 416 g/mol. The van der Waals surface area contributed by atoms with Gasteiger partial charge in [-0.3, -0.25) is 9.78 Å². The first-order chi connectivity index (χ1) is 14.0. The number of ether oxygens (including phenoxy) is 2. The zero-order valence-corrected chi connectivity index (χ0v) is 18.0. The molecule has 156 valence electrons. The third kappa shape index (κ3) is 4.78. The minimum Gasteiger partial charge on any atom is -0.492 e. The van der Waals surface area contributed by atoms with Crippen LogP contribution in [0.2, 0.25) is 0 Å². The molecule has 7 heteroatoms. The number of rotatable bonds is 5. The molecule has 2 saturated heterocycles. The molecule has 2 fully saturated rings. The zero-order valence-electron chi connectivity index (χ0n) is 17.2. The smallest absolute Gasteiger partial charge is 0.265 e. The van der Waals surface area contributed by atoms with Crippen molar-refractivity contribution in [3.63, 3.8) is 0 Å². The number of aromatic nitrogens is 2. The molecule has 2 aromatic heterocycles. The molecule has 1 atom stereocenters. The molecule has 0 N–H and O–H groups in total. The molecule has 4 heterocycles. The molecule has 2 aliphatic heterocycles. The monoisotopic (exact) mass is 415 g/mol. The third-order valence-corrected chi connectivity index (χ3v) is 7.14. The van der Waals surface area contributed by atoms with E-state index in [9.17, 15) is 4.79 Å². The number of piperidine rings is 1. The molecule has 4 rings (SSSR count). The van der Waals surface area contributed by atoms with Gasteiger partial charge in [0.1, 0.15) is 10.6 Å². The minimum absolute atomic E-state index is 0.0767. The molecule has 6 nitrogen and oxygen atoms in total. The lowest BCUT2D eigenvalue weighted by Gasteiger charge is -2.46. The second kappa shape index (κ2) is 8.79. The van der Waals surface area contributed by atoms with Crippen LogP contribution < -0.4 is 4.74 Å². The van der Waals surface area contributed by atoms with E-state index < -0.39 is 0 Å². The molecule has 1 unspecified atom stereocenters. The van der Waals surface area contributed by atoms with Crippen molar-refractivity contribution >= 4 is 17.2 Å². The summed E-state index contributed by atoms with van der Waals surface area (Å²) >= 11 is 1.50. The van der Waals surface area contributed by atoms with Crippen LogP contribution in [0.15, 0.2) is 24.5 Å². The Hall–Kier alpha value is -1.99. The highest BCUT2D eigenvalue weighted by molar-refractivity contribution is 7.13. The van der Waals surface area contributed by atoms with E-state index in [-0.39, 0.29) is 11.5 Å². The number of thiazole rings is 1. The fraction of sp³-hybridized carbons (Fsp3) is 0.591. The van der Waals surface area contributed by atoms with Crippen LogP contribution in [-0.2, 0) is 4.74 Å². The number of pyridine rings is 1. The van der Waals surface area contributed by atoms with Crippen molar-refractivity contribution in [2.24, 2.45) is 5.92 Å². The highest BCUT2D eigenvalue weighted by Gasteiger charge is 2.41. The van der Waals surface area contributed by atoms with E-state index in [2.05, 4.69) is 9.97 Å². The van der Waals surface area contributed by atoms with Gasteiger partial charge >= 0.3 is 0 Å². The maximum atomic E-state index is 12.9. The van der Waals surface area contributed by atoms with Crippen LogP contribution in [0.5, 0.6) is 5.75 Å². The number of aryl methyl sites for hydroxylation is 2. The van der Waals surface area contributed by atoms with Crippen molar-refractivity contribution in [3.05, 3.63) is 40.1 Å². The second-order valence-electron chi connectivity index (χ2n) is 8.16. The Morgan fingerprint density at radius 1 is 1.38 bits per heavy atom. The molecule has 1 spiro atoms. The first-order valence-electron chi connectivity index (χ1n) is 10.4. The van der Waals surface area contributed by atoms with Crippen molar-refractivity contribution in [2.45, 2.75) is 51.6 Å². The summed E-state index contributed by atoms with van der Waals surface area (Å²) in [6.07, 6.45) is 8.51. The van der Waals surface area contributed by atoms with Crippen molar-refractivity contribution in [3.8, 4) is 5.75 Å². The average Bonchev–Trinajstić information content (AvgIpc) is 3.07. The quantitative estimate of drug-likeness (QED) is 0.738. The van der Waals surface area contributed by atoms with Crippen LogP contribution in [0, 0.1) is 19.8 Å². The van der Waals surface area contributed by atoms with E-state index in [1.165, 1.54) is 11.3 Å². The van der Waals surface area contributed by atoms with Crippen LogP contribution in [0.4, 0.5) is 0 Å². The highest BCUT2D eigenvalue weighted by atomic mass is 32.1. The number of carbonyl (C=O) groups excluding carboxylic acids is 1. The topological polar surface area (TPSA) is 64.6 Å². The Labute approximate surface area is 176 Å². The van der Waals surface area contributed by atoms with Crippen molar-refractivity contribution in [1.29, 1.82) is 0 Å². The predicted molar refractivity (Wildman–Crippen MR) is 112 cm³/mol. The summed E-state index contributed by atoms with van der Waals surface area (Å²) in [6.45, 7) is 6.90. The first kappa shape index (κ1) is 20.3. The van der Waals surface area contributed by atoms with Gasteiger partial charge in [-0.05, 0) is 64.0 Å². The Bertz CT molecular complexity index is 831. The molecule has 1 amide bonds. The zero-order chi connectivity index (χ0) is 20.3. The molecule has 0 aromatic carbocycles. The van der Waals surface area contributed by atoms with Crippen molar-refractivity contribution in [1.82, 2.24) is 14.9 Å². The first-order valence-corrected chi connectivity index (χ1v) is 11.3. The minimum atomic E-state index is -0.0767. The molecular weight excluding hydrogens is 386 g/mol. The Kier molecular flexibility index (Phi) is 6.15.